The molecule has 116 valence electrons. The van der Waals surface area contributed by atoms with E-state index in [4.69, 9.17) is 9.31 Å². The van der Waals surface area contributed by atoms with Crippen LogP contribution in [0.3, 0.4) is 0 Å². The first kappa shape index (κ1) is 16.5. The Morgan fingerprint density at radius 1 is 1.10 bits per heavy atom. The van der Waals surface area contributed by atoms with Crippen LogP contribution >= 0.6 is 0 Å². The van der Waals surface area contributed by atoms with Gasteiger partial charge in [0.1, 0.15) is 0 Å². The molecule has 1 aromatic carbocycles. The lowest BCUT2D eigenvalue weighted by molar-refractivity contribution is 0.00578. The first-order valence-electron chi connectivity index (χ1n) is 7.77. The van der Waals surface area contributed by atoms with Crippen LogP contribution in [0.5, 0.6) is 0 Å². The van der Waals surface area contributed by atoms with Gasteiger partial charge in [0.05, 0.1) is 11.2 Å². The van der Waals surface area contributed by atoms with Crippen molar-refractivity contribution in [2.75, 3.05) is 7.05 Å². The molecule has 1 saturated heterocycles. The fourth-order valence-corrected chi connectivity index (χ4v) is 2.29. The summed E-state index contributed by atoms with van der Waals surface area (Å²) >= 11 is 0. The molecular weight excluding hydrogens is 261 g/mol. The zero-order valence-corrected chi connectivity index (χ0v) is 14.4. The summed E-state index contributed by atoms with van der Waals surface area (Å²) in [5.41, 5.74) is 1.81. The molecule has 0 radical (unpaired) electrons. The lowest BCUT2D eigenvalue weighted by atomic mass is 9.78. The van der Waals surface area contributed by atoms with Crippen molar-refractivity contribution < 1.29 is 9.31 Å². The van der Waals surface area contributed by atoms with Crippen LogP contribution in [-0.2, 0) is 15.9 Å². The largest absolute Gasteiger partial charge is 0.494 e. The summed E-state index contributed by atoms with van der Waals surface area (Å²) in [5, 5.41) is 0. The van der Waals surface area contributed by atoms with E-state index >= 15 is 0 Å². The van der Waals surface area contributed by atoms with Crippen molar-refractivity contribution >= 4 is 12.6 Å². The van der Waals surface area contributed by atoms with Crippen LogP contribution in [0.2, 0.25) is 0 Å². The van der Waals surface area contributed by atoms with Crippen LogP contribution in [0.1, 0.15) is 47.1 Å². The Bertz CT molecular complexity index is 483. The highest BCUT2D eigenvalue weighted by Gasteiger charge is 2.51. The number of hydrogen-bond acceptors (Lipinski definition) is 3. The molecule has 0 unspecified atom stereocenters. The highest BCUT2D eigenvalue weighted by Crippen LogP contribution is 2.36. The summed E-state index contributed by atoms with van der Waals surface area (Å²) in [5.74, 6) is 0. The molecule has 21 heavy (non-hydrogen) atoms. The van der Waals surface area contributed by atoms with Gasteiger partial charge in [0, 0.05) is 12.6 Å². The molecule has 1 fully saturated rings. The number of nitrogens with zero attached hydrogens (tertiary/aromatic N) is 1. The molecular formula is C17H28BNO2. The highest BCUT2D eigenvalue weighted by molar-refractivity contribution is 6.62. The van der Waals surface area contributed by atoms with Crippen molar-refractivity contribution in [2.45, 2.75) is 65.3 Å². The van der Waals surface area contributed by atoms with Gasteiger partial charge in [-0.25, -0.2) is 0 Å². The minimum absolute atomic E-state index is 0.278. The molecule has 0 bridgehead atoms. The molecule has 0 amide bonds. The van der Waals surface area contributed by atoms with Crippen molar-refractivity contribution in [3.8, 4) is 0 Å². The van der Waals surface area contributed by atoms with E-state index in [-0.39, 0.29) is 18.3 Å². The van der Waals surface area contributed by atoms with E-state index in [1.165, 1.54) is 5.56 Å². The number of hydrogen-bond donors (Lipinski definition) is 0. The predicted octanol–water partition coefficient (Wildman–Crippen LogP) is 2.83. The molecule has 0 spiro atoms. The van der Waals surface area contributed by atoms with Crippen molar-refractivity contribution in [1.29, 1.82) is 0 Å². The van der Waals surface area contributed by atoms with Crippen molar-refractivity contribution in [3.63, 3.8) is 0 Å². The smallest absolute Gasteiger partial charge is 0.399 e. The van der Waals surface area contributed by atoms with Gasteiger partial charge in [-0.1, -0.05) is 24.3 Å². The molecule has 0 atom stereocenters. The second-order valence-electron chi connectivity index (χ2n) is 7.34. The summed E-state index contributed by atoms with van der Waals surface area (Å²) in [6, 6.07) is 9.06. The molecule has 0 N–H and O–H groups in total. The van der Waals surface area contributed by atoms with E-state index in [0.717, 1.165) is 12.0 Å². The molecule has 1 aliphatic rings. The number of benzene rings is 1. The van der Waals surface area contributed by atoms with E-state index in [1.54, 1.807) is 0 Å². The minimum atomic E-state index is -0.289. The van der Waals surface area contributed by atoms with Crippen LogP contribution in [0.25, 0.3) is 0 Å². The molecule has 1 aromatic rings. The maximum absolute atomic E-state index is 6.12. The molecule has 1 aliphatic heterocycles. The third-order valence-corrected chi connectivity index (χ3v) is 4.79. The molecule has 2 rings (SSSR count). The van der Waals surface area contributed by atoms with Crippen LogP contribution < -0.4 is 5.46 Å². The lowest BCUT2D eigenvalue weighted by Crippen LogP contribution is -2.41. The zero-order valence-electron chi connectivity index (χ0n) is 14.4. The van der Waals surface area contributed by atoms with E-state index in [1.807, 2.05) is 0 Å². The Labute approximate surface area is 129 Å². The van der Waals surface area contributed by atoms with Gasteiger partial charge in [0.2, 0.25) is 0 Å². The van der Waals surface area contributed by atoms with Gasteiger partial charge in [-0.15, -0.1) is 0 Å². The Kier molecular flexibility index (Phi) is 4.53. The van der Waals surface area contributed by atoms with Gasteiger partial charge in [-0.2, -0.15) is 0 Å². The van der Waals surface area contributed by atoms with Crippen LogP contribution in [0.4, 0.5) is 0 Å². The van der Waals surface area contributed by atoms with E-state index in [0.29, 0.717) is 6.04 Å². The van der Waals surface area contributed by atoms with Crippen molar-refractivity contribution in [2.24, 2.45) is 0 Å². The third-order valence-electron chi connectivity index (χ3n) is 4.79. The monoisotopic (exact) mass is 289 g/mol. The van der Waals surface area contributed by atoms with Crippen molar-refractivity contribution in [3.05, 3.63) is 29.8 Å². The Morgan fingerprint density at radius 2 is 1.67 bits per heavy atom. The van der Waals surface area contributed by atoms with Gasteiger partial charge in [0.15, 0.2) is 0 Å². The quantitative estimate of drug-likeness (QED) is 0.796. The van der Waals surface area contributed by atoms with Gasteiger partial charge < -0.3 is 9.31 Å². The normalized spacial score (nSPS) is 20.5. The van der Waals surface area contributed by atoms with Crippen LogP contribution in [-0.4, -0.2) is 36.3 Å². The SMILES string of the molecule is CC(C)N(C)Cc1cccc(B2OC(C)(C)C(C)(C)O2)c1. The summed E-state index contributed by atoms with van der Waals surface area (Å²) in [6.07, 6.45) is 0. The third kappa shape index (κ3) is 3.50. The highest BCUT2D eigenvalue weighted by atomic mass is 16.7. The Balaban J connectivity index is 2.16. The van der Waals surface area contributed by atoms with Crippen LogP contribution in [0.15, 0.2) is 24.3 Å². The van der Waals surface area contributed by atoms with Gasteiger partial charge >= 0.3 is 7.12 Å². The fraction of sp³-hybridized carbons (Fsp3) is 0.647. The molecule has 3 nitrogen and oxygen atoms in total. The first-order chi connectivity index (χ1) is 9.62. The molecule has 4 heteroatoms. The van der Waals surface area contributed by atoms with E-state index < -0.39 is 0 Å². The maximum Gasteiger partial charge on any atom is 0.494 e. The fourth-order valence-electron chi connectivity index (χ4n) is 2.29. The first-order valence-corrected chi connectivity index (χ1v) is 7.77. The lowest BCUT2D eigenvalue weighted by Gasteiger charge is -2.32. The molecule has 1 heterocycles. The van der Waals surface area contributed by atoms with E-state index in [9.17, 15) is 0 Å². The zero-order chi connectivity index (χ0) is 15.8. The minimum Gasteiger partial charge on any atom is -0.399 e. The van der Waals surface area contributed by atoms with E-state index in [2.05, 4.69) is 77.8 Å². The second kappa shape index (κ2) is 5.75. The number of rotatable bonds is 4. The summed E-state index contributed by atoms with van der Waals surface area (Å²) < 4.78 is 12.2. The summed E-state index contributed by atoms with van der Waals surface area (Å²) in [7, 11) is 1.87. The topological polar surface area (TPSA) is 21.7 Å². The predicted molar refractivity (Wildman–Crippen MR) is 88.8 cm³/mol. The van der Waals surface area contributed by atoms with Gasteiger partial charge in [0.25, 0.3) is 0 Å². The van der Waals surface area contributed by atoms with Gasteiger partial charge in [-0.05, 0) is 59.6 Å². The molecule has 0 saturated carbocycles. The second-order valence-corrected chi connectivity index (χ2v) is 7.34. The van der Waals surface area contributed by atoms with Gasteiger partial charge in [-0.3, -0.25) is 4.90 Å². The van der Waals surface area contributed by atoms with Crippen molar-refractivity contribution in [1.82, 2.24) is 4.90 Å². The van der Waals surface area contributed by atoms with Crippen LogP contribution in [0, 0.1) is 0 Å². The average molecular weight is 289 g/mol. The Hall–Kier alpha value is -0.835. The average Bonchev–Trinajstić information content (AvgIpc) is 2.58. The standard InChI is InChI=1S/C17H28BNO2/c1-13(2)19(7)12-14-9-8-10-15(11-14)18-20-16(3,4)17(5,6)21-18/h8-11,13H,12H2,1-7H3. The Morgan fingerprint density at radius 3 is 2.19 bits per heavy atom. The maximum atomic E-state index is 6.12. The summed E-state index contributed by atoms with van der Waals surface area (Å²) in [4.78, 5) is 2.32. The summed E-state index contributed by atoms with van der Waals surface area (Å²) in [6.45, 7) is 13.7. The molecule has 0 aromatic heterocycles. The molecule has 0 aliphatic carbocycles.